The second kappa shape index (κ2) is 7.86. The molecule has 0 aromatic carbocycles. The first-order valence-electron chi connectivity index (χ1n) is 4.02. The molecule has 0 aromatic rings. The van der Waals surface area contributed by atoms with E-state index in [9.17, 15) is 4.79 Å². The largest absolute Gasteiger partial charge is 0.466 e. The molecular formula is C8H15ClO2. The number of hydrogen-bond acceptors (Lipinski definition) is 2. The highest BCUT2D eigenvalue weighted by Gasteiger charge is 1.99. The molecule has 0 saturated carbocycles. The number of unbranched alkanes of at least 4 members (excludes halogenated alkanes) is 2. The van der Waals surface area contributed by atoms with Crippen molar-refractivity contribution >= 4 is 17.6 Å². The molecule has 0 bridgehead atoms. The molecule has 3 heteroatoms. The number of carbonyl (C=O) groups is 1. The van der Waals surface area contributed by atoms with Crippen molar-refractivity contribution in [3.05, 3.63) is 0 Å². The SMILES string of the molecule is CCCCCOC(=O)CCCl. The predicted octanol–water partition coefficient (Wildman–Crippen LogP) is 2.35. The second-order valence-electron chi connectivity index (χ2n) is 2.37. The summed E-state index contributed by atoms with van der Waals surface area (Å²) in [6, 6.07) is 0. The van der Waals surface area contributed by atoms with Gasteiger partial charge in [0.2, 0.25) is 0 Å². The van der Waals surface area contributed by atoms with Crippen molar-refractivity contribution in [3.8, 4) is 0 Å². The van der Waals surface area contributed by atoms with Crippen molar-refractivity contribution in [1.29, 1.82) is 0 Å². The number of carbonyl (C=O) groups excluding carboxylic acids is 1. The quantitative estimate of drug-likeness (QED) is 0.355. The predicted molar refractivity (Wildman–Crippen MR) is 45.8 cm³/mol. The summed E-state index contributed by atoms with van der Waals surface area (Å²) in [7, 11) is 0. The van der Waals surface area contributed by atoms with Crippen LogP contribution in [0.25, 0.3) is 0 Å². The van der Waals surface area contributed by atoms with Crippen molar-refractivity contribution in [3.63, 3.8) is 0 Å². The van der Waals surface area contributed by atoms with E-state index in [4.69, 9.17) is 16.3 Å². The maximum Gasteiger partial charge on any atom is 0.306 e. The number of alkyl halides is 1. The van der Waals surface area contributed by atoms with Crippen LogP contribution in [0.15, 0.2) is 0 Å². The first kappa shape index (κ1) is 10.8. The molecular weight excluding hydrogens is 164 g/mol. The molecule has 0 unspecified atom stereocenters. The Bertz CT molecular complexity index is 104. The number of halogens is 1. The Hall–Kier alpha value is -0.240. The van der Waals surface area contributed by atoms with Crippen LogP contribution in [-0.2, 0) is 9.53 Å². The van der Waals surface area contributed by atoms with Crippen LogP contribution in [0.2, 0.25) is 0 Å². The highest BCUT2D eigenvalue weighted by atomic mass is 35.5. The van der Waals surface area contributed by atoms with Gasteiger partial charge in [-0.15, -0.1) is 11.6 Å². The van der Waals surface area contributed by atoms with Gasteiger partial charge in [-0.1, -0.05) is 19.8 Å². The van der Waals surface area contributed by atoms with E-state index >= 15 is 0 Å². The minimum atomic E-state index is -0.184. The number of esters is 1. The Morgan fingerprint density at radius 2 is 2.18 bits per heavy atom. The average molecular weight is 179 g/mol. The number of hydrogen-bond donors (Lipinski definition) is 0. The lowest BCUT2D eigenvalue weighted by Crippen LogP contribution is -2.05. The molecule has 0 amide bonds. The van der Waals surface area contributed by atoms with E-state index in [2.05, 4.69) is 6.92 Å². The summed E-state index contributed by atoms with van der Waals surface area (Å²) < 4.78 is 4.86. The van der Waals surface area contributed by atoms with Crippen molar-refractivity contribution in [1.82, 2.24) is 0 Å². The van der Waals surface area contributed by atoms with E-state index in [1.807, 2.05) is 0 Å². The minimum Gasteiger partial charge on any atom is -0.466 e. The zero-order valence-corrected chi connectivity index (χ0v) is 7.69. The summed E-state index contributed by atoms with van der Waals surface area (Å²) in [5.74, 6) is 0.170. The van der Waals surface area contributed by atoms with Crippen molar-refractivity contribution in [2.75, 3.05) is 12.5 Å². The molecule has 0 fully saturated rings. The van der Waals surface area contributed by atoms with Crippen LogP contribution in [0.5, 0.6) is 0 Å². The van der Waals surface area contributed by atoms with E-state index in [-0.39, 0.29) is 5.97 Å². The van der Waals surface area contributed by atoms with Gasteiger partial charge < -0.3 is 4.74 Å². The van der Waals surface area contributed by atoms with Gasteiger partial charge in [0.1, 0.15) is 0 Å². The Kier molecular flexibility index (Phi) is 7.69. The summed E-state index contributed by atoms with van der Waals surface area (Å²) in [5, 5.41) is 0. The van der Waals surface area contributed by atoms with Crippen LogP contribution < -0.4 is 0 Å². The topological polar surface area (TPSA) is 26.3 Å². The lowest BCUT2D eigenvalue weighted by molar-refractivity contribution is -0.143. The summed E-state index contributed by atoms with van der Waals surface area (Å²) >= 11 is 5.34. The molecule has 0 aliphatic carbocycles. The fourth-order valence-corrected chi connectivity index (χ4v) is 0.842. The van der Waals surface area contributed by atoms with Crippen LogP contribution in [0, 0.1) is 0 Å². The van der Waals surface area contributed by atoms with E-state index in [0.29, 0.717) is 18.9 Å². The fraction of sp³-hybridized carbons (Fsp3) is 0.875. The number of rotatable bonds is 6. The van der Waals surface area contributed by atoms with Gasteiger partial charge in [-0.3, -0.25) is 4.79 Å². The molecule has 0 saturated heterocycles. The first-order chi connectivity index (χ1) is 5.31. The summed E-state index contributed by atoms with van der Waals surface area (Å²) in [4.78, 5) is 10.7. The molecule has 0 aromatic heterocycles. The monoisotopic (exact) mass is 178 g/mol. The average Bonchev–Trinajstić information content (AvgIpc) is 1.99. The summed E-state index contributed by atoms with van der Waals surface area (Å²) in [6.45, 7) is 2.66. The summed E-state index contributed by atoms with van der Waals surface area (Å²) in [6.07, 6.45) is 3.55. The van der Waals surface area contributed by atoms with Gasteiger partial charge in [-0.2, -0.15) is 0 Å². The van der Waals surface area contributed by atoms with Crippen molar-refractivity contribution < 1.29 is 9.53 Å². The molecule has 0 rings (SSSR count). The van der Waals surface area contributed by atoms with Crippen LogP contribution in [-0.4, -0.2) is 18.5 Å². The van der Waals surface area contributed by atoms with Gasteiger partial charge in [-0.05, 0) is 6.42 Å². The van der Waals surface area contributed by atoms with E-state index in [0.717, 1.165) is 19.3 Å². The van der Waals surface area contributed by atoms with E-state index in [1.54, 1.807) is 0 Å². The van der Waals surface area contributed by atoms with Crippen molar-refractivity contribution in [2.24, 2.45) is 0 Å². The molecule has 0 aliphatic rings. The molecule has 66 valence electrons. The molecule has 0 spiro atoms. The molecule has 0 atom stereocenters. The Morgan fingerprint density at radius 1 is 1.45 bits per heavy atom. The molecule has 0 radical (unpaired) electrons. The molecule has 0 N–H and O–H groups in total. The van der Waals surface area contributed by atoms with Crippen LogP contribution in [0.1, 0.15) is 32.6 Å². The van der Waals surface area contributed by atoms with Gasteiger partial charge in [-0.25, -0.2) is 0 Å². The third-order valence-electron chi connectivity index (χ3n) is 1.31. The van der Waals surface area contributed by atoms with Gasteiger partial charge in [0.05, 0.1) is 13.0 Å². The molecule has 0 aliphatic heterocycles. The Morgan fingerprint density at radius 3 is 2.73 bits per heavy atom. The highest BCUT2D eigenvalue weighted by molar-refractivity contribution is 6.18. The van der Waals surface area contributed by atoms with Gasteiger partial charge in [0.25, 0.3) is 0 Å². The first-order valence-corrected chi connectivity index (χ1v) is 4.56. The zero-order chi connectivity index (χ0) is 8.53. The fourth-order valence-electron chi connectivity index (χ4n) is 0.687. The summed E-state index contributed by atoms with van der Waals surface area (Å²) in [5.41, 5.74) is 0. The molecule has 2 nitrogen and oxygen atoms in total. The number of ether oxygens (including phenoxy) is 1. The van der Waals surface area contributed by atoms with E-state index < -0.39 is 0 Å². The van der Waals surface area contributed by atoms with Crippen LogP contribution >= 0.6 is 11.6 Å². The van der Waals surface area contributed by atoms with Crippen LogP contribution in [0.3, 0.4) is 0 Å². The van der Waals surface area contributed by atoms with E-state index in [1.165, 1.54) is 0 Å². The Labute approximate surface area is 72.9 Å². The zero-order valence-electron chi connectivity index (χ0n) is 6.94. The highest BCUT2D eigenvalue weighted by Crippen LogP contribution is 1.96. The second-order valence-corrected chi connectivity index (χ2v) is 2.74. The van der Waals surface area contributed by atoms with Gasteiger partial charge >= 0.3 is 5.97 Å². The minimum absolute atomic E-state index is 0.184. The third-order valence-corrected chi connectivity index (χ3v) is 1.50. The molecule has 0 heterocycles. The normalized spacial score (nSPS) is 9.64. The van der Waals surface area contributed by atoms with Gasteiger partial charge in [0.15, 0.2) is 0 Å². The standard InChI is InChI=1S/C8H15ClO2/c1-2-3-4-7-11-8(10)5-6-9/h2-7H2,1H3. The Balaban J connectivity index is 3.04. The third kappa shape index (κ3) is 7.66. The van der Waals surface area contributed by atoms with Crippen LogP contribution in [0.4, 0.5) is 0 Å². The lowest BCUT2D eigenvalue weighted by Gasteiger charge is -2.01. The van der Waals surface area contributed by atoms with Crippen molar-refractivity contribution in [2.45, 2.75) is 32.6 Å². The maximum absolute atomic E-state index is 10.7. The molecule has 11 heavy (non-hydrogen) atoms. The smallest absolute Gasteiger partial charge is 0.306 e. The maximum atomic E-state index is 10.7. The van der Waals surface area contributed by atoms with Gasteiger partial charge in [0, 0.05) is 5.88 Å². The lowest BCUT2D eigenvalue weighted by atomic mass is 10.3.